The first kappa shape index (κ1) is 22.4. The average molecular weight is 465 g/mol. The van der Waals surface area contributed by atoms with E-state index in [1.165, 1.54) is 34.2 Å². The molecule has 4 heterocycles. The van der Waals surface area contributed by atoms with E-state index in [0.29, 0.717) is 12.3 Å². The van der Waals surface area contributed by atoms with E-state index >= 15 is 0 Å². The summed E-state index contributed by atoms with van der Waals surface area (Å²) in [5, 5.41) is 12.4. The standard InChI is InChI=1S/C21H27N3O9/c1-11-22(12-6-8-13(9-7-12)24(26)27)19(25)33-23(11)18-17-16(31-21(4,5)32-17)15(29-18)14-10-28-20(2,3)30-14/h6-9,11,14-18H,10H2,1-5H3/t11?,14-,15-,16+,17+,18-/m1/s1. The van der Waals surface area contributed by atoms with Crippen molar-refractivity contribution in [2.24, 2.45) is 0 Å². The number of rotatable bonds is 4. The van der Waals surface area contributed by atoms with Gasteiger partial charge in [0.05, 0.1) is 11.5 Å². The number of carbonyl (C=O) groups is 1. The fourth-order valence-corrected chi connectivity index (χ4v) is 4.79. The van der Waals surface area contributed by atoms with Crippen LogP contribution >= 0.6 is 0 Å². The summed E-state index contributed by atoms with van der Waals surface area (Å²) in [6, 6.07) is 5.69. The van der Waals surface area contributed by atoms with E-state index in [9.17, 15) is 14.9 Å². The number of hydroxylamine groups is 2. The van der Waals surface area contributed by atoms with Crippen molar-refractivity contribution in [3.63, 3.8) is 0 Å². The van der Waals surface area contributed by atoms with Crippen molar-refractivity contribution >= 4 is 17.5 Å². The molecule has 1 amide bonds. The van der Waals surface area contributed by atoms with E-state index in [1.54, 1.807) is 6.92 Å². The molecule has 0 aliphatic carbocycles. The lowest BCUT2D eigenvalue weighted by atomic mass is 10.1. The van der Waals surface area contributed by atoms with Crippen LogP contribution in [-0.4, -0.2) is 71.1 Å². The van der Waals surface area contributed by atoms with E-state index in [-0.39, 0.29) is 11.8 Å². The molecule has 1 unspecified atom stereocenters. The van der Waals surface area contributed by atoms with Gasteiger partial charge in [0.2, 0.25) is 0 Å². The summed E-state index contributed by atoms with van der Waals surface area (Å²) >= 11 is 0. The van der Waals surface area contributed by atoms with Crippen molar-refractivity contribution in [3.8, 4) is 0 Å². The Kier molecular flexibility index (Phi) is 5.16. The number of hydrogen-bond acceptors (Lipinski definition) is 10. The molecule has 1 aromatic carbocycles. The monoisotopic (exact) mass is 465 g/mol. The summed E-state index contributed by atoms with van der Waals surface area (Å²) in [7, 11) is 0. The highest BCUT2D eigenvalue weighted by molar-refractivity contribution is 5.89. The molecule has 180 valence electrons. The maximum Gasteiger partial charge on any atom is 0.435 e. The first-order valence-corrected chi connectivity index (χ1v) is 10.8. The molecule has 12 heteroatoms. The zero-order valence-corrected chi connectivity index (χ0v) is 19.0. The molecule has 5 rings (SSSR count). The zero-order valence-electron chi connectivity index (χ0n) is 19.0. The van der Waals surface area contributed by atoms with E-state index < -0.39 is 53.3 Å². The molecule has 4 aliphatic rings. The van der Waals surface area contributed by atoms with Gasteiger partial charge in [-0.25, -0.2) is 4.79 Å². The van der Waals surface area contributed by atoms with Gasteiger partial charge in [-0.3, -0.25) is 15.0 Å². The Morgan fingerprint density at radius 2 is 1.67 bits per heavy atom. The highest BCUT2D eigenvalue weighted by atomic mass is 16.8. The smallest absolute Gasteiger partial charge is 0.348 e. The van der Waals surface area contributed by atoms with Crippen LogP contribution in [0.4, 0.5) is 16.2 Å². The largest absolute Gasteiger partial charge is 0.435 e. The highest BCUT2D eigenvalue weighted by Crippen LogP contribution is 2.44. The summed E-state index contributed by atoms with van der Waals surface area (Å²) < 4.78 is 30.3. The van der Waals surface area contributed by atoms with Gasteiger partial charge in [-0.2, -0.15) is 0 Å². The fraction of sp³-hybridized carbons (Fsp3) is 0.667. The van der Waals surface area contributed by atoms with Gasteiger partial charge in [0, 0.05) is 17.8 Å². The second-order valence-corrected chi connectivity index (χ2v) is 9.42. The van der Waals surface area contributed by atoms with Gasteiger partial charge in [0.1, 0.15) is 30.6 Å². The third kappa shape index (κ3) is 3.86. The molecule has 4 aliphatic heterocycles. The fourth-order valence-electron chi connectivity index (χ4n) is 4.79. The Hall–Kier alpha value is -2.35. The maximum absolute atomic E-state index is 12.8. The Labute approximate surface area is 190 Å². The third-order valence-electron chi connectivity index (χ3n) is 6.17. The van der Waals surface area contributed by atoms with Crippen molar-refractivity contribution in [2.75, 3.05) is 11.5 Å². The van der Waals surface area contributed by atoms with Crippen LogP contribution in [0, 0.1) is 10.1 Å². The minimum absolute atomic E-state index is 0.0684. The number of nitro benzene ring substituents is 1. The minimum Gasteiger partial charge on any atom is -0.348 e. The molecule has 33 heavy (non-hydrogen) atoms. The maximum atomic E-state index is 12.8. The SMILES string of the molecule is CC1N(c2ccc([N+](=O)[O-])cc2)C(=O)ON1[C@@H]1O[C@H]([C@H]2COC(C)(C)O2)[C@@H]2OC(C)(C)O[C@@H]21. The first-order valence-electron chi connectivity index (χ1n) is 10.8. The summed E-state index contributed by atoms with van der Waals surface area (Å²) in [5.74, 6) is -1.59. The molecule has 0 aromatic heterocycles. The minimum atomic E-state index is -0.852. The summed E-state index contributed by atoms with van der Waals surface area (Å²) in [6.07, 6.45) is -3.82. The lowest BCUT2D eigenvalue weighted by molar-refractivity contribution is -0.384. The van der Waals surface area contributed by atoms with E-state index in [2.05, 4.69) is 0 Å². The third-order valence-corrected chi connectivity index (χ3v) is 6.17. The molecular formula is C21H27N3O9. The Morgan fingerprint density at radius 1 is 1.00 bits per heavy atom. The molecule has 0 spiro atoms. The van der Waals surface area contributed by atoms with Crippen LogP contribution < -0.4 is 4.90 Å². The summed E-state index contributed by atoms with van der Waals surface area (Å²) in [5.41, 5.74) is 0.394. The van der Waals surface area contributed by atoms with Crippen molar-refractivity contribution < 1.29 is 38.2 Å². The normalized spacial score (nSPS) is 37.4. The van der Waals surface area contributed by atoms with Crippen molar-refractivity contribution in [1.29, 1.82) is 0 Å². The number of non-ortho nitro benzene ring substituents is 1. The first-order chi connectivity index (χ1) is 15.5. The highest BCUT2D eigenvalue weighted by Gasteiger charge is 2.62. The van der Waals surface area contributed by atoms with Crippen molar-refractivity contribution in [3.05, 3.63) is 34.4 Å². The zero-order chi connectivity index (χ0) is 23.7. The molecule has 0 bridgehead atoms. The molecule has 0 saturated carbocycles. The van der Waals surface area contributed by atoms with E-state index in [0.717, 1.165) is 0 Å². The number of benzene rings is 1. The molecule has 4 fully saturated rings. The second-order valence-electron chi connectivity index (χ2n) is 9.42. The van der Waals surface area contributed by atoms with Crippen LogP contribution in [0.5, 0.6) is 0 Å². The van der Waals surface area contributed by atoms with Crippen LogP contribution in [0.1, 0.15) is 34.6 Å². The number of hydrogen-bond donors (Lipinski definition) is 0. The molecule has 6 atom stereocenters. The van der Waals surface area contributed by atoms with E-state index in [4.69, 9.17) is 28.5 Å². The number of anilines is 1. The molecule has 4 saturated heterocycles. The lowest BCUT2D eigenvalue weighted by Gasteiger charge is -2.31. The lowest BCUT2D eigenvalue weighted by Crippen LogP contribution is -2.48. The molecular weight excluding hydrogens is 438 g/mol. The second kappa shape index (κ2) is 7.58. The topological polar surface area (TPSA) is 122 Å². The number of carbonyl (C=O) groups excluding carboxylic acids is 1. The van der Waals surface area contributed by atoms with Crippen molar-refractivity contribution in [2.45, 2.75) is 83.0 Å². The predicted octanol–water partition coefficient (Wildman–Crippen LogP) is 2.51. The van der Waals surface area contributed by atoms with Gasteiger partial charge in [0.15, 0.2) is 17.8 Å². The number of amides is 1. The van der Waals surface area contributed by atoms with Gasteiger partial charge in [-0.15, -0.1) is 0 Å². The van der Waals surface area contributed by atoms with Crippen LogP contribution in [0.15, 0.2) is 24.3 Å². The van der Waals surface area contributed by atoms with Crippen LogP contribution in [0.2, 0.25) is 0 Å². The summed E-state index contributed by atoms with van der Waals surface area (Å²) in [4.78, 5) is 30.2. The van der Waals surface area contributed by atoms with Gasteiger partial charge in [0.25, 0.3) is 5.69 Å². The van der Waals surface area contributed by atoms with Gasteiger partial charge < -0.3 is 28.5 Å². The van der Waals surface area contributed by atoms with Crippen LogP contribution in [-0.2, 0) is 28.5 Å². The summed E-state index contributed by atoms with van der Waals surface area (Å²) in [6.45, 7) is 9.41. The predicted molar refractivity (Wildman–Crippen MR) is 111 cm³/mol. The van der Waals surface area contributed by atoms with Gasteiger partial charge in [-0.1, -0.05) is 5.06 Å². The molecule has 0 N–H and O–H groups in total. The van der Waals surface area contributed by atoms with Crippen LogP contribution in [0.25, 0.3) is 0 Å². The molecule has 1 aromatic rings. The number of nitrogens with zero attached hydrogens (tertiary/aromatic N) is 3. The van der Waals surface area contributed by atoms with Gasteiger partial charge >= 0.3 is 6.09 Å². The van der Waals surface area contributed by atoms with Crippen LogP contribution in [0.3, 0.4) is 0 Å². The average Bonchev–Trinajstić information content (AvgIpc) is 3.42. The Morgan fingerprint density at radius 3 is 2.27 bits per heavy atom. The number of nitro groups is 1. The van der Waals surface area contributed by atoms with Crippen molar-refractivity contribution in [1.82, 2.24) is 5.06 Å². The Balaban J connectivity index is 1.39. The van der Waals surface area contributed by atoms with E-state index in [1.807, 2.05) is 27.7 Å². The molecule has 12 nitrogen and oxygen atoms in total. The number of fused-ring (bicyclic) bond motifs is 1. The Bertz CT molecular complexity index is 953. The number of ether oxygens (including phenoxy) is 5. The molecule has 0 radical (unpaired) electrons. The van der Waals surface area contributed by atoms with Gasteiger partial charge in [-0.05, 0) is 46.8 Å². The quantitative estimate of drug-likeness (QED) is 0.484.